The molecule has 2 aromatic carbocycles. The van der Waals surface area contributed by atoms with Crippen molar-refractivity contribution in [3.63, 3.8) is 0 Å². The van der Waals surface area contributed by atoms with Crippen LogP contribution in [0.3, 0.4) is 0 Å². The number of allylic oxidation sites excluding steroid dienone is 10. The van der Waals surface area contributed by atoms with Crippen molar-refractivity contribution in [3.05, 3.63) is 107 Å². The zero-order valence-electron chi connectivity index (χ0n) is 44.6. The third-order valence-electron chi connectivity index (χ3n) is 16.8. The van der Waals surface area contributed by atoms with Gasteiger partial charge in [-0.25, -0.2) is 8.78 Å². The summed E-state index contributed by atoms with van der Waals surface area (Å²) >= 11 is 0. The molecular weight excluding hydrogens is 934 g/mol. The van der Waals surface area contributed by atoms with E-state index in [1.54, 1.807) is 12.1 Å². The average Bonchev–Trinajstić information content (AvgIpc) is 3.39. The van der Waals surface area contributed by atoms with Crippen molar-refractivity contribution < 1.29 is 40.2 Å². The Bertz CT molecular complexity index is 1950. The first-order valence-electron chi connectivity index (χ1n) is 29.1. The Morgan fingerprint density at radius 2 is 0.932 bits per heavy atom. The molecule has 2 nitrogen and oxygen atoms in total. The fourth-order valence-corrected chi connectivity index (χ4v) is 12.3. The van der Waals surface area contributed by atoms with Crippen LogP contribution < -0.4 is 9.47 Å². The van der Waals surface area contributed by atoms with Crippen molar-refractivity contribution >= 4 is 11.1 Å². The van der Waals surface area contributed by atoms with Crippen LogP contribution in [0.1, 0.15) is 218 Å². The van der Waals surface area contributed by atoms with Crippen molar-refractivity contribution in [2.24, 2.45) is 41.4 Å². The van der Waals surface area contributed by atoms with Crippen molar-refractivity contribution in [3.8, 4) is 11.5 Å². The highest BCUT2D eigenvalue weighted by atomic mass is 19.4. The highest BCUT2D eigenvalue weighted by Gasteiger charge is 2.26. The van der Waals surface area contributed by atoms with Gasteiger partial charge >= 0.3 is 6.18 Å². The lowest BCUT2D eigenvalue weighted by atomic mass is 9.78. The summed E-state index contributed by atoms with van der Waals surface area (Å²) in [7, 11) is 0. The maximum absolute atomic E-state index is 15.3. The Kier molecular flexibility index (Phi) is 25.1. The third kappa shape index (κ3) is 20.0. The van der Waals surface area contributed by atoms with Gasteiger partial charge in [0.2, 0.25) is 11.6 Å². The van der Waals surface area contributed by atoms with E-state index in [-0.39, 0.29) is 41.8 Å². The largest absolute Gasteiger partial charge is 0.490 e. The lowest BCUT2D eigenvalue weighted by Crippen LogP contribution is -2.14. The molecule has 2 atom stereocenters. The normalized spacial score (nSPS) is 23.6. The summed E-state index contributed by atoms with van der Waals surface area (Å²) < 4.78 is 112. The Balaban J connectivity index is 0.838. The maximum Gasteiger partial charge on any atom is 0.409 e. The fraction of sp³-hybridized carbons (Fsp3) is 0.656. The molecule has 0 heterocycles. The number of benzene rings is 2. The molecule has 406 valence electrons. The number of rotatable bonds is 29. The Morgan fingerprint density at radius 1 is 0.521 bits per heavy atom. The van der Waals surface area contributed by atoms with E-state index in [1.807, 2.05) is 12.2 Å². The summed E-state index contributed by atoms with van der Waals surface area (Å²) in [6.45, 7) is 4.89. The van der Waals surface area contributed by atoms with Gasteiger partial charge in [-0.3, -0.25) is 0 Å². The minimum Gasteiger partial charge on any atom is -0.490 e. The number of ether oxygens (including phenoxy) is 2. The molecule has 2 unspecified atom stereocenters. The van der Waals surface area contributed by atoms with Gasteiger partial charge in [0.05, 0.1) is 13.2 Å². The standard InChI is InChI=1S/C64H89F7O2/c1-3-15-47-23-27-50(28-24-47)19-9-11-21-52-31-35-54(36-32-52)56-39-41-58(62(67)60(56)65)72-45-13-5-7-17-49(43-44-64(69,70)71)18-8-6-14-46-73-59-42-40-57(61(66)63(59)68)55-37-33-53(34-38-55)22-12-10-20-51-29-25-48(16-4-2)26-30-51/h11-12,21-22,35,37,39-44,47-53H,3-10,13-20,23-34,36,38,45-46H2,1-2H3/b21-11+,22-12+,44-43+. The van der Waals surface area contributed by atoms with Crippen LogP contribution in [-0.4, -0.2) is 19.4 Å². The zero-order valence-corrected chi connectivity index (χ0v) is 44.6. The van der Waals surface area contributed by atoms with Gasteiger partial charge in [-0.1, -0.05) is 159 Å². The van der Waals surface area contributed by atoms with Gasteiger partial charge in [-0.15, -0.1) is 0 Å². The van der Waals surface area contributed by atoms with E-state index in [4.69, 9.17) is 9.47 Å². The Labute approximate surface area is 435 Å². The molecule has 2 aromatic rings. The van der Waals surface area contributed by atoms with E-state index >= 15 is 17.6 Å². The summed E-state index contributed by atoms with van der Waals surface area (Å²) in [5.74, 6) is 0.0724. The first-order chi connectivity index (χ1) is 35.4. The second kappa shape index (κ2) is 31.3. The van der Waals surface area contributed by atoms with E-state index in [9.17, 15) is 13.2 Å². The summed E-state index contributed by atoms with van der Waals surface area (Å²) in [4.78, 5) is 0. The first kappa shape index (κ1) is 58.5. The molecule has 6 rings (SSSR count). The van der Waals surface area contributed by atoms with E-state index in [1.165, 1.54) is 108 Å². The number of hydrogen-bond donors (Lipinski definition) is 0. The van der Waals surface area contributed by atoms with Crippen LogP contribution in [0.4, 0.5) is 30.7 Å². The fourth-order valence-electron chi connectivity index (χ4n) is 12.3. The third-order valence-corrected chi connectivity index (χ3v) is 16.8. The molecule has 2 fully saturated rings. The van der Waals surface area contributed by atoms with Gasteiger partial charge in [0.25, 0.3) is 0 Å². The Hall–Kier alpha value is -3.75. The van der Waals surface area contributed by atoms with Crippen LogP contribution >= 0.6 is 0 Å². The molecule has 0 bridgehead atoms. The Morgan fingerprint density at radius 3 is 1.30 bits per heavy atom. The zero-order chi connectivity index (χ0) is 51.8. The summed E-state index contributed by atoms with van der Waals surface area (Å²) in [6, 6.07) is 6.19. The molecule has 0 aromatic heterocycles. The topological polar surface area (TPSA) is 18.5 Å². The van der Waals surface area contributed by atoms with Gasteiger partial charge < -0.3 is 9.47 Å². The smallest absolute Gasteiger partial charge is 0.409 e. The second-order valence-corrected chi connectivity index (χ2v) is 22.4. The molecule has 0 amide bonds. The predicted octanol–water partition coefficient (Wildman–Crippen LogP) is 20.8. The van der Waals surface area contributed by atoms with Crippen LogP contribution in [-0.2, 0) is 0 Å². The van der Waals surface area contributed by atoms with Crippen molar-refractivity contribution in [1.29, 1.82) is 0 Å². The van der Waals surface area contributed by atoms with Crippen molar-refractivity contribution in [1.82, 2.24) is 0 Å². The van der Waals surface area contributed by atoms with Gasteiger partial charge in [0.1, 0.15) is 0 Å². The summed E-state index contributed by atoms with van der Waals surface area (Å²) in [6.07, 6.45) is 41.2. The molecule has 0 N–H and O–H groups in total. The highest BCUT2D eigenvalue weighted by Crippen LogP contribution is 2.39. The van der Waals surface area contributed by atoms with Crippen molar-refractivity contribution in [2.45, 2.75) is 213 Å². The SMILES string of the molecule is CCCC1CCC(CC/C=C/C2CC=C(c3ccc(OCCCCCC(/C=C/C(F)(F)F)CCCCCOc4ccc(C5=CCC(/C=C/CCC6CCC(CCC)CC6)CC5)c(F)c4F)c(F)c3F)CC2)CC1. The number of unbranched alkanes of at least 4 members (excludes halogenated alkanes) is 4. The molecule has 0 aliphatic heterocycles. The molecular formula is C64H89F7O2. The van der Waals surface area contributed by atoms with Gasteiger partial charge in [0.15, 0.2) is 23.1 Å². The average molecular weight is 1020 g/mol. The molecule has 4 aliphatic carbocycles. The van der Waals surface area contributed by atoms with Gasteiger partial charge in [-0.2, -0.15) is 22.0 Å². The molecule has 0 radical (unpaired) electrons. The van der Waals surface area contributed by atoms with Gasteiger partial charge in [0, 0.05) is 17.2 Å². The van der Waals surface area contributed by atoms with E-state index in [0.717, 1.165) is 73.3 Å². The molecule has 2 saturated carbocycles. The predicted molar refractivity (Wildman–Crippen MR) is 287 cm³/mol. The second-order valence-electron chi connectivity index (χ2n) is 22.4. The molecule has 0 spiro atoms. The summed E-state index contributed by atoms with van der Waals surface area (Å²) in [5.41, 5.74) is 2.23. The maximum atomic E-state index is 15.3. The van der Waals surface area contributed by atoms with Crippen LogP contribution in [0.2, 0.25) is 0 Å². The number of hydrogen-bond acceptors (Lipinski definition) is 2. The van der Waals surface area contributed by atoms with E-state index < -0.39 is 29.4 Å². The minimum absolute atomic E-state index is 0.134. The monoisotopic (exact) mass is 1020 g/mol. The highest BCUT2D eigenvalue weighted by molar-refractivity contribution is 5.68. The molecule has 73 heavy (non-hydrogen) atoms. The first-order valence-corrected chi connectivity index (χ1v) is 29.1. The lowest BCUT2D eigenvalue weighted by molar-refractivity contribution is -0.0803. The lowest BCUT2D eigenvalue weighted by Gasteiger charge is -2.28. The quantitative estimate of drug-likeness (QED) is 0.0459. The van der Waals surface area contributed by atoms with Crippen LogP contribution in [0.25, 0.3) is 11.1 Å². The van der Waals surface area contributed by atoms with Crippen LogP contribution in [0.5, 0.6) is 11.5 Å². The van der Waals surface area contributed by atoms with Crippen LogP contribution in [0.15, 0.2) is 72.9 Å². The number of alkyl halides is 3. The number of halogens is 7. The van der Waals surface area contributed by atoms with Crippen LogP contribution in [0, 0.1) is 64.7 Å². The van der Waals surface area contributed by atoms with E-state index in [2.05, 4.69) is 38.2 Å². The summed E-state index contributed by atoms with van der Waals surface area (Å²) in [5, 5.41) is 0. The van der Waals surface area contributed by atoms with Crippen molar-refractivity contribution in [2.75, 3.05) is 13.2 Å². The molecule has 0 saturated heterocycles. The molecule has 9 heteroatoms. The minimum atomic E-state index is -4.41. The molecule has 4 aliphatic rings. The van der Waals surface area contributed by atoms with E-state index in [0.29, 0.717) is 82.1 Å². The van der Waals surface area contributed by atoms with Gasteiger partial charge in [-0.05, 0) is 167 Å².